The summed E-state index contributed by atoms with van der Waals surface area (Å²) in [6, 6.07) is 13.8. The van der Waals surface area contributed by atoms with Crippen LogP contribution in [0.25, 0.3) is 10.2 Å². The first-order valence-electron chi connectivity index (χ1n) is 10.2. The van der Waals surface area contributed by atoms with Gasteiger partial charge in [0, 0.05) is 19.4 Å². The summed E-state index contributed by atoms with van der Waals surface area (Å²) in [7, 11) is 7.51. The average Bonchev–Trinajstić information content (AvgIpc) is 3.20. The molecule has 0 aliphatic carbocycles. The van der Waals surface area contributed by atoms with E-state index in [9.17, 15) is 4.79 Å². The number of carbonyl (C=O) groups excluding carboxylic acids is 1. The van der Waals surface area contributed by atoms with Crippen molar-refractivity contribution >= 4 is 32.6 Å². The molecule has 0 fully saturated rings. The minimum absolute atomic E-state index is 0.0876. The molecule has 1 heterocycles. The second kappa shape index (κ2) is 10.4. The highest BCUT2D eigenvalue weighted by Gasteiger charge is 2.22. The Morgan fingerprint density at radius 1 is 1.07 bits per heavy atom. The number of methoxy groups -OCH3 is 2. The van der Waals surface area contributed by atoms with Gasteiger partial charge in [-0.15, -0.1) is 0 Å². The summed E-state index contributed by atoms with van der Waals surface area (Å²) < 4.78 is 11.9. The number of quaternary nitrogens is 1. The summed E-state index contributed by atoms with van der Waals surface area (Å²) in [6.45, 7) is 1.63. The van der Waals surface area contributed by atoms with E-state index in [2.05, 4.69) is 26.2 Å². The third kappa shape index (κ3) is 5.29. The zero-order chi connectivity index (χ0) is 21.5. The van der Waals surface area contributed by atoms with Gasteiger partial charge in [0.25, 0.3) is 0 Å². The fraction of sp³-hybridized carbons (Fsp3) is 0.391. The van der Waals surface area contributed by atoms with E-state index in [0.29, 0.717) is 30.3 Å². The Hall–Kier alpha value is -2.64. The number of nitrogens with one attached hydrogen (secondary N) is 1. The first kappa shape index (κ1) is 22.1. The number of aryl methyl sites for hydroxylation is 1. The molecular weight excluding hydrogens is 398 g/mol. The zero-order valence-corrected chi connectivity index (χ0v) is 18.9. The van der Waals surface area contributed by atoms with Crippen molar-refractivity contribution in [2.75, 3.05) is 46.3 Å². The van der Waals surface area contributed by atoms with Crippen molar-refractivity contribution in [3.8, 4) is 11.5 Å². The minimum Gasteiger partial charge on any atom is -0.495 e. The van der Waals surface area contributed by atoms with Gasteiger partial charge in [-0.3, -0.25) is 9.69 Å². The van der Waals surface area contributed by atoms with Crippen molar-refractivity contribution in [3.05, 3.63) is 48.0 Å². The summed E-state index contributed by atoms with van der Waals surface area (Å²) in [5, 5.41) is 0.694. The molecule has 160 valence electrons. The third-order valence-electron chi connectivity index (χ3n) is 4.96. The number of nitrogens with zero attached hydrogens (tertiary/aromatic N) is 2. The smallest absolute Gasteiger partial charge is 0.229 e. The van der Waals surface area contributed by atoms with E-state index in [1.165, 1.54) is 16.2 Å². The lowest BCUT2D eigenvalue weighted by molar-refractivity contribution is -0.858. The van der Waals surface area contributed by atoms with E-state index in [1.807, 2.05) is 35.2 Å². The van der Waals surface area contributed by atoms with Crippen molar-refractivity contribution in [1.29, 1.82) is 0 Å². The SMILES string of the molecule is COc1ccc(OC)c2sc(N(CCC[NH+](C)C)C(=O)CCc3ccccc3)nc12. The molecule has 0 bridgehead atoms. The quantitative estimate of drug-likeness (QED) is 0.540. The molecule has 0 saturated heterocycles. The van der Waals surface area contributed by atoms with E-state index in [-0.39, 0.29) is 5.91 Å². The molecule has 6 nitrogen and oxygen atoms in total. The van der Waals surface area contributed by atoms with Gasteiger partial charge < -0.3 is 14.4 Å². The van der Waals surface area contributed by atoms with Gasteiger partial charge in [0.05, 0.1) is 34.9 Å². The van der Waals surface area contributed by atoms with Crippen LogP contribution < -0.4 is 19.3 Å². The Balaban J connectivity index is 1.88. The van der Waals surface area contributed by atoms with Crippen LogP contribution >= 0.6 is 11.3 Å². The molecule has 30 heavy (non-hydrogen) atoms. The lowest BCUT2D eigenvalue weighted by atomic mass is 10.1. The molecule has 0 spiro atoms. The number of ether oxygens (including phenoxy) is 2. The molecule has 1 amide bonds. The second-order valence-electron chi connectivity index (χ2n) is 7.49. The van der Waals surface area contributed by atoms with Crippen LogP contribution in [0.15, 0.2) is 42.5 Å². The number of hydrogen-bond acceptors (Lipinski definition) is 5. The number of anilines is 1. The maximum Gasteiger partial charge on any atom is 0.229 e. The summed E-state index contributed by atoms with van der Waals surface area (Å²) >= 11 is 1.48. The van der Waals surface area contributed by atoms with Crippen LogP contribution in [0.4, 0.5) is 5.13 Å². The van der Waals surface area contributed by atoms with Gasteiger partial charge in [-0.05, 0) is 24.1 Å². The van der Waals surface area contributed by atoms with Crippen molar-refractivity contribution in [2.24, 2.45) is 0 Å². The Morgan fingerprint density at radius 2 is 1.77 bits per heavy atom. The highest BCUT2D eigenvalue weighted by Crippen LogP contribution is 2.40. The fourth-order valence-electron chi connectivity index (χ4n) is 3.34. The molecule has 1 N–H and O–H groups in total. The molecule has 3 rings (SSSR count). The highest BCUT2D eigenvalue weighted by atomic mass is 32.1. The number of amides is 1. The predicted octanol–water partition coefficient (Wildman–Crippen LogP) is 2.81. The Labute approximate surface area is 182 Å². The van der Waals surface area contributed by atoms with E-state index in [4.69, 9.17) is 14.5 Å². The van der Waals surface area contributed by atoms with E-state index in [1.54, 1.807) is 14.2 Å². The highest BCUT2D eigenvalue weighted by molar-refractivity contribution is 7.22. The third-order valence-corrected chi connectivity index (χ3v) is 6.05. The number of carbonyl (C=O) groups is 1. The van der Waals surface area contributed by atoms with Crippen LogP contribution in [-0.2, 0) is 11.2 Å². The normalized spacial score (nSPS) is 11.1. The number of benzene rings is 2. The number of fused-ring (bicyclic) bond motifs is 1. The van der Waals surface area contributed by atoms with Gasteiger partial charge >= 0.3 is 0 Å². The molecule has 7 heteroatoms. The molecule has 3 aromatic rings. The van der Waals surface area contributed by atoms with Crippen LogP contribution in [-0.4, -0.2) is 52.3 Å². The van der Waals surface area contributed by atoms with Gasteiger partial charge in [-0.25, -0.2) is 4.98 Å². The summed E-state index contributed by atoms with van der Waals surface area (Å²) in [5.74, 6) is 1.51. The molecule has 0 aliphatic rings. The van der Waals surface area contributed by atoms with Gasteiger partial charge in [0.2, 0.25) is 5.91 Å². The maximum absolute atomic E-state index is 13.2. The summed E-state index contributed by atoms with van der Waals surface area (Å²) in [5.41, 5.74) is 1.90. The van der Waals surface area contributed by atoms with Crippen LogP contribution in [0.3, 0.4) is 0 Å². The van der Waals surface area contributed by atoms with Gasteiger partial charge in [0.15, 0.2) is 5.13 Å². The van der Waals surface area contributed by atoms with Gasteiger partial charge in [-0.2, -0.15) is 0 Å². The first-order chi connectivity index (χ1) is 14.5. The number of hydrogen-bond donors (Lipinski definition) is 1. The predicted molar refractivity (Wildman–Crippen MR) is 122 cm³/mol. The number of rotatable bonds is 10. The topological polar surface area (TPSA) is 56.1 Å². The molecule has 1 aromatic heterocycles. The Morgan fingerprint density at radius 3 is 2.43 bits per heavy atom. The van der Waals surface area contributed by atoms with Crippen LogP contribution in [0, 0.1) is 0 Å². The molecule has 0 radical (unpaired) electrons. The molecular formula is C23H30N3O3S+. The summed E-state index contributed by atoms with van der Waals surface area (Å²) in [6.07, 6.45) is 2.07. The van der Waals surface area contributed by atoms with Crippen molar-refractivity contribution in [1.82, 2.24) is 4.98 Å². The van der Waals surface area contributed by atoms with Crippen molar-refractivity contribution < 1.29 is 19.2 Å². The van der Waals surface area contributed by atoms with Crippen LogP contribution in [0.1, 0.15) is 18.4 Å². The fourth-order valence-corrected chi connectivity index (χ4v) is 4.46. The molecule has 0 unspecified atom stereocenters. The maximum atomic E-state index is 13.2. The number of aromatic nitrogens is 1. The molecule has 0 atom stereocenters. The standard InChI is InChI=1S/C23H29N3O3S/c1-25(2)15-8-16-26(20(27)14-11-17-9-6-5-7-10-17)23-24-21-18(28-3)12-13-19(29-4)22(21)30-23/h5-7,9-10,12-13H,8,11,14-16H2,1-4H3/p+1. The van der Waals surface area contributed by atoms with E-state index in [0.717, 1.165) is 34.5 Å². The minimum atomic E-state index is 0.0876. The Kier molecular flexibility index (Phi) is 7.65. The van der Waals surface area contributed by atoms with Gasteiger partial charge in [0.1, 0.15) is 21.7 Å². The van der Waals surface area contributed by atoms with Crippen LogP contribution in [0.2, 0.25) is 0 Å². The lowest BCUT2D eigenvalue weighted by Crippen LogP contribution is -3.05. The molecule has 0 aliphatic heterocycles. The largest absolute Gasteiger partial charge is 0.495 e. The summed E-state index contributed by atoms with van der Waals surface area (Å²) in [4.78, 5) is 21.2. The van der Waals surface area contributed by atoms with Crippen molar-refractivity contribution in [3.63, 3.8) is 0 Å². The van der Waals surface area contributed by atoms with Gasteiger partial charge in [-0.1, -0.05) is 41.7 Å². The van der Waals surface area contributed by atoms with Crippen molar-refractivity contribution in [2.45, 2.75) is 19.3 Å². The first-order valence-corrected chi connectivity index (χ1v) is 11.0. The molecule has 0 saturated carbocycles. The van der Waals surface area contributed by atoms with E-state index >= 15 is 0 Å². The molecule has 2 aromatic carbocycles. The number of thiazole rings is 1. The zero-order valence-electron chi connectivity index (χ0n) is 18.1. The second-order valence-corrected chi connectivity index (χ2v) is 8.46. The average molecular weight is 429 g/mol. The lowest BCUT2D eigenvalue weighted by Gasteiger charge is -2.20. The van der Waals surface area contributed by atoms with Crippen LogP contribution in [0.5, 0.6) is 11.5 Å². The Bertz CT molecular complexity index is 931. The monoisotopic (exact) mass is 428 g/mol. The van der Waals surface area contributed by atoms with E-state index < -0.39 is 0 Å².